The second kappa shape index (κ2) is 6.17. The van der Waals surface area contributed by atoms with E-state index in [0.29, 0.717) is 18.1 Å². The van der Waals surface area contributed by atoms with Crippen LogP contribution >= 0.6 is 0 Å². The molecule has 0 spiro atoms. The molecule has 2 nitrogen and oxygen atoms in total. The molecule has 3 rings (SSSR count). The van der Waals surface area contributed by atoms with E-state index in [2.05, 4.69) is 62.5 Å². The van der Waals surface area contributed by atoms with E-state index < -0.39 is 0 Å². The third kappa shape index (κ3) is 2.70. The number of aryl methyl sites for hydroxylation is 1. The van der Waals surface area contributed by atoms with Gasteiger partial charge < -0.3 is 10.1 Å². The van der Waals surface area contributed by atoms with Crippen LogP contribution in [-0.2, 0) is 4.74 Å². The highest BCUT2D eigenvalue weighted by atomic mass is 16.5. The highest BCUT2D eigenvalue weighted by Gasteiger charge is 2.33. The van der Waals surface area contributed by atoms with Crippen LogP contribution in [0.5, 0.6) is 0 Å². The molecule has 0 aromatic heterocycles. The molecule has 112 valence electrons. The predicted octanol–water partition coefficient (Wildman–Crippen LogP) is 4.22. The number of hydrogen-bond donors (Lipinski definition) is 1. The molecule has 1 saturated heterocycles. The van der Waals surface area contributed by atoms with Crippen LogP contribution in [0.15, 0.2) is 36.4 Å². The lowest BCUT2D eigenvalue weighted by Gasteiger charge is -2.29. The molecule has 2 heteroatoms. The van der Waals surface area contributed by atoms with E-state index in [4.69, 9.17) is 4.74 Å². The maximum absolute atomic E-state index is 5.83. The number of ether oxygens (including phenoxy) is 1. The first-order valence-electron chi connectivity index (χ1n) is 8.05. The van der Waals surface area contributed by atoms with Crippen LogP contribution in [0, 0.1) is 12.8 Å². The Labute approximate surface area is 127 Å². The molecule has 0 radical (unpaired) electrons. The zero-order chi connectivity index (χ0) is 14.8. The SMILES string of the molecule is CCNC(c1c(C)ccc2ccccc12)C1CCOC1C. The molecule has 2 aromatic rings. The summed E-state index contributed by atoms with van der Waals surface area (Å²) in [6.07, 6.45) is 1.47. The van der Waals surface area contributed by atoms with Crippen molar-refractivity contribution >= 4 is 10.8 Å². The van der Waals surface area contributed by atoms with E-state index >= 15 is 0 Å². The molecule has 0 saturated carbocycles. The Hall–Kier alpha value is -1.38. The molecule has 0 aliphatic carbocycles. The fraction of sp³-hybridized carbons (Fsp3) is 0.474. The molecule has 1 aliphatic rings. The summed E-state index contributed by atoms with van der Waals surface area (Å²) in [6, 6.07) is 13.6. The monoisotopic (exact) mass is 283 g/mol. The van der Waals surface area contributed by atoms with Gasteiger partial charge in [0.25, 0.3) is 0 Å². The zero-order valence-electron chi connectivity index (χ0n) is 13.2. The number of hydrogen-bond acceptors (Lipinski definition) is 2. The number of rotatable bonds is 4. The summed E-state index contributed by atoms with van der Waals surface area (Å²) in [6.45, 7) is 8.50. The average Bonchev–Trinajstić information content (AvgIpc) is 2.91. The van der Waals surface area contributed by atoms with Gasteiger partial charge in [0.2, 0.25) is 0 Å². The van der Waals surface area contributed by atoms with E-state index in [1.54, 1.807) is 0 Å². The minimum Gasteiger partial charge on any atom is -0.378 e. The molecule has 1 aliphatic heterocycles. The first-order chi connectivity index (χ1) is 10.2. The largest absolute Gasteiger partial charge is 0.378 e. The maximum atomic E-state index is 5.83. The first kappa shape index (κ1) is 14.6. The third-order valence-corrected chi connectivity index (χ3v) is 4.79. The van der Waals surface area contributed by atoms with E-state index in [1.165, 1.54) is 21.9 Å². The van der Waals surface area contributed by atoms with Gasteiger partial charge in [-0.25, -0.2) is 0 Å². The van der Waals surface area contributed by atoms with Crippen LogP contribution in [0.4, 0.5) is 0 Å². The van der Waals surface area contributed by atoms with Gasteiger partial charge in [-0.15, -0.1) is 0 Å². The topological polar surface area (TPSA) is 21.3 Å². The van der Waals surface area contributed by atoms with Crippen molar-refractivity contribution in [3.05, 3.63) is 47.5 Å². The smallest absolute Gasteiger partial charge is 0.0594 e. The molecular weight excluding hydrogens is 258 g/mol. The van der Waals surface area contributed by atoms with Crippen LogP contribution in [0.3, 0.4) is 0 Å². The Kier molecular flexibility index (Phi) is 4.27. The Balaban J connectivity index is 2.12. The van der Waals surface area contributed by atoms with E-state index in [1.807, 2.05) is 0 Å². The molecule has 0 bridgehead atoms. The van der Waals surface area contributed by atoms with Crippen LogP contribution < -0.4 is 5.32 Å². The molecule has 1 N–H and O–H groups in total. The minimum absolute atomic E-state index is 0.326. The van der Waals surface area contributed by atoms with Crippen molar-refractivity contribution < 1.29 is 4.74 Å². The molecule has 3 atom stereocenters. The lowest BCUT2D eigenvalue weighted by molar-refractivity contribution is 0.0957. The number of benzene rings is 2. The molecule has 1 fully saturated rings. The molecule has 1 heterocycles. The minimum atomic E-state index is 0.326. The van der Waals surface area contributed by atoms with Crippen LogP contribution in [-0.4, -0.2) is 19.3 Å². The van der Waals surface area contributed by atoms with Gasteiger partial charge in [-0.1, -0.05) is 43.3 Å². The fourth-order valence-corrected chi connectivity index (χ4v) is 3.69. The fourth-order valence-electron chi connectivity index (χ4n) is 3.69. The molecule has 0 amide bonds. The van der Waals surface area contributed by atoms with Crippen molar-refractivity contribution in [3.63, 3.8) is 0 Å². The van der Waals surface area contributed by atoms with Crippen molar-refractivity contribution in [1.29, 1.82) is 0 Å². The maximum Gasteiger partial charge on any atom is 0.0594 e. The van der Waals surface area contributed by atoms with Crippen molar-refractivity contribution in [3.8, 4) is 0 Å². The third-order valence-electron chi connectivity index (χ3n) is 4.79. The highest BCUT2D eigenvalue weighted by molar-refractivity contribution is 5.87. The van der Waals surface area contributed by atoms with Crippen molar-refractivity contribution in [2.24, 2.45) is 5.92 Å². The Morgan fingerprint density at radius 1 is 1.24 bits per heavy atom. The second-order valence-electron chi connectivity index (χ2n) is 6.08. The predicted molar refractivity (Wildman–Crippen MR) is 88.6 cm³/mol. The molecule has 2 aromatic carbocycles. The van der Waals surface area contributed by atoms with Gasteiger partial charge >= 0.3 is 0 Å². The summed E-state index contributed by atoms with van der Waals surface area (Å²) in [4.78, 5) is 0. The van der Waals surface area contributed by atoms with E-state index in [0.717, 1.165) is 19.6 Å². The summed E-state index contributed by atoms with van der Waals surface area (Å²) < 4.78 is 5.83. The average molecular weight is 283 g/mol. The van der Waals surface area contributed by atoms with Crippen LogP contribution in [0.25, 0.3) is 10.8 Å². The standard InChI is InChI=1S/C19H25NO/c1-4-20-19(16-11-12-21-14(16)3)18-13(2)9-10-15-7-5-6-8-17(15)18/h5-10,14,16,19-20H,4,11-12H2,1-3H3. The Bertz CT molecular complexity index is 622. The van der Waals surface area contributed by atoms with Gasteiger partial charge in [0.05, 0.1) is 6.10 Å². The van der Waals surface area contributed by atoms with Gasteiger partial charge in [0.1, 0.15) is 0 Å². The normalized spacial score (nSPS) is 23.6. The van der Waals surface area contributed by atoms with Gasteiger partial charge in [-0.05, 0) is 48.7 Å². The van der Waals surface area contributed by atoms with Crippen LogP contribution in [0.1, 0.15) is 37.4 Å². The number of nitrogens with one attached hydrogen (secondary N) is 1. The zero-order valence-corrected chi connectivity index (χ0v) is 13.2. The summed E-state index contributed by atoms with van der Waals surface area (Å²) >= 11 is 0. The van der Waals surface area contributed by atoms with Gasteiger partial charge in [0, 0.05) is 18.6 Å². The molecular formula is C19H25NO. The van der Waals surface area contributed by atoms with Crippen molar-refractivity contribution in [2.45, 2.75) is 39.3 Å². The lowest BCUT2D eigenvalue weighted by atomic mass is 9.83. The van der Waals surface area contributed by atoms with Gasteiger partial charge in [-0.3, -0.25) is 0 Å². The van der Waals surface area contributed by atoms with Crippen molar-refractivity contribution in [2.75, 3.05) is 13.2 Å². The Morgan fingerprint density at radius 3 is 2.76 bits per heavy atom. The summed E-state index contributed by atoms with van der Waals surface area (Å²) in [7, 11) is 0. The lowest BCUT2D eigenvalue weighted by Crippen LogP contribution is -2.32. The first-order valence-corrected chi connectivity index (χ1v) is 8.05. The molecule has 21 heavy (non-hydrogen) atoms. The van der Waals surface area contributed by atoms with E-state index in [9.17, 15) is 0 Å². The summed E-state index contributed by atoms with van der Waals surface area (Å²) in [5.41, 5.74) is 2.83. The highest BCUT2D eigenvalue weighted by Crippen LogP contribution is 2.38. The van der Waals surface area contributed by atoms with Crippen LogP contribution in [0.2, 0.25) is 0 Å². The van der Waals surface area contributed by atoms with Crippen molar-refractivity contribution in [1.82, 2.24) is 5.32 Å². The van der Waals surface area contributed by atoms with Gasteiger partial charge in [-0.2, -0.15) is 0 Å². The quantitative estimate of drug-likeness (QED) is 0.907. The summed E-state index contributed by atoms with van der Waals surface area (Å²) in [5.74, 6) is 0.550. The second-order valence-corrected chi connectivity index (χ2v) is 6.08. The van der Waals surface area contributed by atoms with Gasteiger partial charge in [0.15, 0.2) is 0 Å². The Morgan fingerprint density at radius 2 is 2.05 bits per heavy atom. The summed E-state index contributed by atoms with van der Waals surface area (Å²) in [5, 5.41) is 6.43. The van der Waals surface area contributed by atoms with E-state index in [-0.39, 0.29) is 0 Å². The molecule has 3 unspecified atom stereocenters. The number of fused-ring (bicyclic) bond motifs is 1.